The quantitative estimate of drug-likeness (QED) is 0.616. The average molecular weight is 294 g/mol. The molecule has 112 valence electrons. The minimum absolute atomic E-state index is 0.456. The van der Waals surface area contributed by atoms with E-state index in [0.717, 1.165) is 5.69 Å². The van der Waals surface area contributed by atoms with Crippen molar-refractivity contribution >= 4 is 23.0 Å². The van der Waals surface area contributed by atoms with Crippen LogP contribution in [0.15, 0.2) is 18.2 Å². The molecule has 0 heterocycles. The van der Waals surface area contributed by atoms with Crippen LogP contribution in [0.1, 0.15) is 50.7 Å². The molecule has 0 aliphatic heterocycles. The number of hydrogen-bond acceptors (Lipinski definition) is 2. The van der Waals surface area contributed by atoms with E-state index >= 15 is 0 Å². The minimum Gasteiger partial charge on any atom is -0.383 e. The van der Waals surface area contributed by atoms with Crippen LogP contribution < -0.4 is 10.6 Å². The molecule has 0 saturated carbocycles. The topological polar surface area (TPSA) is 33.3 Å². The second-order valence-electron chi connectivity index (χ2n) is 5.49. The Morgan fingerprint density at radius 2 is 1.70 bits per heavy atom. The van der Waals surface area contributed by atoms with Crippen molar-refractivity contribution in [1.82, 2.24) is 5.32 Å². The molecule has 0 amide bonds. The Morgan fingerprint density at radius 3 is 2.15 bits per heavy atom. The highest BCUT2D eigenvalue weighted by Crippen LogP contribution is 2.32. The van der Waals surface area contributed by atoms with Gasteiger partial charge in [-0.15, -0.1) is 0 Å². The molecule has 3 nitrogen and oxygen atoms in total. The van der Waals surface area contributed by atoms with Crippen LogP contribution in [-0.4, -0.2) is 25.4 Å². The number of para-hydroxylation sites is 1. The summed E-state index contributed by atoms with van der Waals surface area (Å²) in [4.78, 5) is 0. The number of benzene rings is 1. The molecule has 0 aliphatic rings. The average Bonchev–Trinajstić information content (AvgIpc) is 2.38. The molecule has 0 atom stereocenters. The molecule has 0 unspecified atom stereocenters. The molecule has 0 radical (unpaired) electrons. The Morgan fingerprint density at radius 1 is 1.15 bits per heavy atom. The highest BCUT2D eigenvalue weighted by Gasteiger charge is 2.14. The first-order valence-corrected chi connectivity index (χ1v) is 7.54. The normalized spacial score (nSPS) is 10.9. The minimum atomic E-state index is 0.456. The van der Waals surface area contributed by atoms with E-state index in [2.05, 4.69) is 56.5 Å². The Hall–Kier alpha value is -1.13. The van der Waals surface area contributed by atoms with Gasteiger partial charge in [0, 0.05) is 19.3 Å². The third-order valence-corrected chi connectivity index (χ3v) is 3.45. The summed E-state index contributed by atoms with van der Waals surface area (Å²) in [6, 6.07) is 6.45. The van der Waals surface area contributed by atoms with E-state index in [4.69, 9.17) is 17.0 Å². The fraction of sp³-hybridized carbons (Fsp3) is 0.562. The van der Waals surface area contributed by atoms with Crippen LogP contribution in [0.5, 0.6) is 0 Å². The number of hydrogen-bond donors (Lipinski definition) is 2. The van der Waals surface area contributed by atoms with Gasteiger partial charge in [-0.1, -0.05) is 45.9 Å². The fourth-order valence-electron chi connectivity index (χ4n) is 2.12. The van der Waals surface area contributed by atoms with Crippen LogP contribution in [0.25, 0.3) is 0 Å². The second kappa shape index (κ2) is 8.22. The van der Waals surface area contributed by atoms with Crippen LogP contribution in [0, 0.1) is 0 Å². The van der Waals surface area contributed by atoms with Gasteiger partial charge in [-0.2, -0.15) is 0 Å². The van der Waals surface area contributed by atoms with Crippen molar-refractivity contribution in [3.8, 4) is 0 Å². The highest BCUT2D eigenvalue weighted by atomic mass is 32.1. The third kappa shape index (κ3) is 4.76. The van der Waals surface area contributed by atoms with Crippen molar-refractivity contribution in [2.45, 2.75) is 39.5 Å². The summed E-state index contributed by atoms with van der Waals surface area (Å²) in [7, 11) is 1.68. The molecular formula is C16H26N2OS. The smallest absolute Gasteiger partial charge is 0.170 e. The van der Waals surface area contributed by atoms with E-state index in [-0.39, 0.29) is 0 Å². The molecule has 0 aromatic heterocycles. The molecule has 4 heteroatoms. The van der Waals surface area contributed by atoms with Crippen LogP contribution in [0.3, 0.4) is 0 Å². The lowest BCUT2D eigenvalue weighted by atomic mass is 9.93. The van der Waals surface area contributed by atoms with Gasteiger partial charge in [0.05, 0.1) is 6.61 Å². The van der Waals surface area contributed by atoms with E-state index < -0.39 is 0 Å². The third-order valence-electron chi connectivity index (χ3n) is 3.20. The maximum absolute atomic E-state index is 5.36. The zero-order valence-corrected chi connectivity index (χ0v) is 13.9. The molecule has 0 fully saturated rings. The van der Waals surface area contributed by atoms with Gasteiger partial charge in [0.15, 0.2) is 5.11 Å². The van der Waals surface area contributed by atoms with Gasteiger partial charge in [0.25, 0.3) is 0 Å². The first-order chi connectivity index (χ1) is 9.47. The van der Waals surface area contributed by atoms with Gasteiger partial charge in [-0.3, -0.25) is 0 Å². The summed E-state index contributed by atoms with van der Waals surface area (Å²) < 4.78 is 5.02. The number of anilines is 1. The molecule has 0 saturated heterocycles. The Bertz CT molecular complexity index is 418. The number of rotatable bonds is 6. The van der Waals surface area contributed by atoms with Gasteiger partial charge in [0.1, 0.15) is 0 Å². The SMILES string of the molecule is COCCNC(=S)Nc1c(C(C)C)cccc1C(C)C. The van der Waals surface area contributed by atoms with Crippen LogP contribution >= 0.6 is 12.2 Å². The second-order valence-corrected chi connectivity index (χ2v) is 5.90. The lowest BCUT2D eigenvalue weighted by molar-refractivity contribution is 0.204. The Labute approximate surface area is 128 Å². The summed E-state index contributed by atoms with van der Waals surface area (Å²) >= 11 is 5.36. The molecule has 1 aromatic carbocycles. The van der Waals surface area contributed by atoms with Gasteiger partial charge in [-0.05, 0) is 35.2 Å². The lowest BCUT2D eigenvalue weighted by Gasteiger charge is -2.21. The lowest BCUT2D eigenvalue weighted by Crippen LogP contribution is -2.32. The summed E-state index contributed by atoms with van der Waals surface area (Å²) in [5.74, 6) is 0.913. The molecule has 1 rings (SSSR count). The number of ether oxygens (including phenoxy) is 1. The summed E-state index contributed by atoms with van der Waals surface area (Å²) in [5, 5.41) is 7.18. The zero-order valence-electron chi connectivity index (χ0n) is 13.1. The van der Waals surface area contributed by atoms with Crippen LogP contribution in [-0.2, 0) is 4.74 Å². The predicted molar refractivity (Wildman–Crippen MR) is 90.7 cm³/mol. The first-order valence-electron chi connectivity index (χ1n) is 7.14. The highest BCUT2D eigenvalue weighted by molar-refractivity contribution is 7.80. The summed E-state index contributed by atoms with van der Waals surface area (Å²) in [5.41, 5.74) is 3.74. The molecule has 1 aromatic rings. The van der Waals surface area contributed by atoms with E-state index in [1.807, 2.05) is 0 Å². The van der Waals surface area contributed by atoms with Crippen LogP contribution in [0.4, 0.5) is 5.69 Å². The van der Waals surface area contributed by atoms with Crippen molar-refractivity contribution in [3.05, 3.63) is 29.3 Å². The molecule has 0 bridgehead atoms. The Balaban J connectivity index is 2.93. The van der Waals surface area contributed by atoms with Crippen molar-refractivity contribution in [2.75, 3.05) is 25.6 Å². The van der Waals surface area contributed by atoms with Gasteiger partial charge < -0.3 is 15.4 Å². The standard InChI is InChI=1S/C16H26N2OS/c1-11(2)13-7-6-8-14(12(3)4)15(13)18-16(20)17-9-10-19-5/h6-8,11-12H,9-10H2,1-5H3,(H2,17,18,20). The van der Waals surface area contributed by atoms with E-state index in [0.29, 0.717) is 30.1 Å². The Kier molecular flexibility index (Phi) is 6.96. The van der Waals surface area contributed by atoms with Crippen molar-refractivity contribution < 1.29 is 4.74 Å². The molecule has 0 aliphatic carbocycles. The first kappa shape index (κ1) is 16.9. The molecule has 0 spiro atoms. The monoisotopic (exact) mass is 294 g/mol. The largest absolute Gasteiger partial charge is 0.383 e. The fourth-order valence-corrected chi connectivity index (χ4v) is 2.32. The van der Waals surface area contributed by atoms with Crippen molar-refractivity contribution in [2.24, 2.45) is 0 Å². The van der Waals surface area contributed by atoms with E-state index in [1.165, 1.54) is 11.1 Å². The number of methoxy groups -OCH3 is 1. The van der Waals surface area contributed by atoms with Crippen LogP contribution in [0.2, 0.25) is 0 Å². The maximum atomic E-state index is 5.36. The van der Waals surface area contributed by atoms with E-state index in [9.17, 15) is 0 Å². The summed E-state index contributed by atoms with van der Waals surface area (Å²) in [6.45, 7) is 10.2. The predicted octanol–water partition coefficient (Wildman–Crippen LogP) is 3.87. The molecule has 2 N–H and O–H groups in total. The number of nitrogens with one attached hydrogen (secondary N) is 2. The molecule has 20 heavy (non-hydrogen) atoms. The van der Waals surface area contributed by atoms with Gasteiger partial charge in [-0.25, -0.2) is 0 Å². The number of thiocarbonyl (C=S) groups is 1. The summed E-state index contributed by atoms with van der Waals surface area (Å²) in [6.07, 6.45) is 0. The zero-order chi connectivity index (χ0) is 15.1. The van der Waals surface area contributed by atoms with Gasteiger partial charge in [0.2, 0.25) is 0 Å². The van der Waals surface area contributed by atoms with E-state index in [1.54, 1.807) is 7.11 Å². The van der Waals surface area contributed by atoms with Crippen molar-refractivity contribution in [3.63, 3.8) is 0 Å². The molecular weight excluding hydrogens is 268 g/mol. The maximum Gasteiger partial charge on any atom is 0.170 e. The van der Waals surface area contributed by atoms with Crippen molar-refractivity contribution in [1.29, 1.82) is 0 Å². The van der Waals surface area contributed by atoms with Gasteiger partial charge >= 0.3 is 0 Å².